The SMILES string of the molecule is Cl.OC1CCC(O)N1CCCN1CCN(c2ccc(F)cc2)CC1. The van der Waals surface area contributed by atoms with Crippen molar-refractivity contribution in [3.05, 3.63) is 30.1 Å². The molecule has 24 heavy (non-hydrogen) atoms. The molecule has 0 spiro atoms. The molecule has 0 aromatic heterocycles. The minimum absolute atomic E-state index is 0. The molecule has 2 aliphatic rings. The predicted molar refractivity (Wildman–Crippen MR) is 94.9 cm³/mol. The average molecular weight is 360 g/mol. The molecule has 2 heterocycles. The van der Waals surface area contributed by atoms with Gasteiger partial charge in [0.1, 0.15) is 18.3 Å². The van der Waals surface area contributed by atoms with E-state index in [0.29, 0.717) is 12.8 Å². The summed E-state index contributed by atoms with van der Waals surface area (Å²) in [6.07, 6.45) is 1.31. The van der Waals surface area contributed by atoms with Gasteiger partial charge in [-0.2, -0.15) is 0 Å². The molecular weight excluding hydrogens is 333 g/mol. The summed E-state index contributed by atoms with van der Waals surface area (Å²) >= 11 is 0. The van der Waals surface area contributed by atoms with Gasteiger partial charge in [0.05, 0.1) is 0 Å². The lowest BCUT2D eigenvalue weighted by Crippen LogP contribution is -2.47. The highest BCUT2D eigenvalue weighted by Crippen LogP contribution is 2.21. The van der Waals surface area contributed by atoms with Crippen LogP contribution in [0.15, 0.2) is 24.3 Å². The number of aliphatic hydroxyl groups excluding tert-OH is 2. The van der Waals surface area contributed by atoms with Crippen LogP contribution in [-0.2, 0) is 0 Å². The van der Waals surface area contributed by atoms with Crippen LogP contribution in [0.1, 0.15) is 19.3 Å². The predicted octanol–water partition coefficient (Wildman–Crippen LogP) is 1.49. The van der Waals surface area contributed by atoms with E-state index in [9.17, 15) is 14.6 Å². The number of anilines is 1. The quantitative estimate of drug-likeness (QED) is 0.834. The molecule has 5 nitrogen and oxygen atoms in total. The average Bonchev–Trinajstić information content (AvgIpc) is 2.88. The molecule has 0 amide bonds. The van der Waals surface area contributed by atoms with E-state index in [1.807, 2.05) is 12.1 Å². The summed E-state index contributed by atoms with van der Waals surface area (Å²) < 4.78 is 13.0. The normalized spacial score (nSPS) is 25.7. The highest BCUT2D eigenvalue weighted by atomic mass is 35.5. The van der Waals surface area contributed by atoms with Gasteiger partial charge in [0.25, 0.3) is 0 Å². The van der Waals surface area contributed by atoms with Gasteiger partial charge in [-0.05, 0) is 50.1 Å². The summed E-state index contributed by atoms with van der Waals surface area (Å²) in [6, 6.07) is 6.69. The van der Waals surface area contributed by atoms with Crippen molar-refractivity contribution in [1.29, 1.82) is 0 Å². The first-order chi connectivity index (χ1) is 11.1. The van der Waals surface area contributed by atoms with Gasteiger partial charge in [0, 0.05) is 38.4 Å². The van der Waals surface area contributed by atoms with E-state index in [4.69, 9.17) is 0 Å². The molecule has 1 aromatic rings. The molecule has 1 aromatic carbocycles. The molecule has 136 valence electrons. The Balaban J connectivity index is 0.00000208. The van der Waals surface area contributed by atoms with Crippen LogP contribution >= 0.6 is 12.4 Å². The van der Waals surface area contributed by atoms with Crippen molar-refractivity contribution in [3.63, 3.8) is 0 Å². The Kier molecular flexibility index (Phi) is 7.25. The minimum Gasteiger partial charge on any atom is -0.378 e. The van der Waals surface area contributed by atoms with E-state index in [2.05, 4.69) is 9.80 Å². The van der Waals surface area contributed by atoms with Crippen molar-refractivity contribution >= 4 is 18.1 Å². The Morgan fingerprint density at radius 2 is 1.50 bits per heavy atom. The second-order valence-corrected chi connectivity index (χ2v) is 6.44. The number of benzene rings is 1. The highest BCUT2D eigenvalue weighted by molar-refractivity contribution is 5.85. The highest BCUT2D eigenvalue weighted by Gasteiger charge is 2.29. The van der Waals surface area contributed by atoms with Gasteiger partial charge in [0.2, 0.25) is 0 Å². The van der Waals surface area contributed by atoms with Crippen LogP contribution in [0.5, 0.6) is 0 Å². The first-order valence-corrected chi connectivity index (χ1v) is 8.48. The van der Waals surface area contributed by atoms with Crippen molar-refractivity contribution in [2.45, 2.75) is 31.7 Å². The monoisotopic (exact) mass is 359 g/mol. The van der Waals surface area contributed by atoms with Crippen LogP contribution in [0.4, 0.5) is 10.1 Å². The van der Waals surface area contributed by atoms with Gasteiger partial charge < -0.3 is 15.1 Å². The van der Waals surface area contributed by atoms with Gasteiger partial charge in [-0.15, -0.1) is 12.4 Å². The Labute approximate surface area is 149 Å². The van der Waals surface area contributed by atoms with Gasteiger partial charge in [0.15, 0.2) is 0 Å². The Hall–Kier alpha value is -0.920. The van der Waals surface area contributed by atoms with Crippen LogP contribution in [0.2, 0.25) is 0 Å². The Morgan fingerprint density at radius 1 is 0.917 bits per heavy atom. The number of piperazine rings is 1. The lowest BCUT2D eigenvalue weighted by molar-refractivity contribution is -0.0541. The topological polar surface area (TPSA) is 50.2 Å². The molecule has 7 heteroatoms. The van der Waals surface area contributed by atoms with Crippen molar-refractivity contribution in [2.75, 3.05) is 44.2 Å². The molecule has 2 fully saturated rings. The molecule has 0 aliphatic carbocycles. The fourth-order valence-electron chi connectivity index (χ4n) is 3.48. The molecule has 2 saturated heterocycles. The molecule has 2 aliphatic heterocycles. The first kappa shape index (κ1) is 19.4. The van der Waals surface area contributed by atoms with Crippen LogP contribution in [0.3, 0.4) is 0 Å². The fraction of sp³-hybridized carbons (Fsp3) is 0.647. The summed E-state index contributed by atoms with van der Waals surface area (Å²) in [5.74, 6) is -0.196. The van der Waals surface area contributed by atoms with E-state index in [1.54, 1.807) is 4.90 Å². The summed E-state index contributed by atoms with van der Waals surface area (Å²) in [4.78, 5) is 6.48. The zero-order valence-corrected chi connectivity index (χ0v) is 14.7. The van der Waals surface area contributed by atoms with Gasteiger partial charge >= 0.3 is 0 Å². The standard InChI is InChI=1S/C17H26FN3O2.ClH/c18-14-2-4-15(5-3-14)20-12-10-19(11-13-20)8-1-9-21-16(22)6-7-17(21)23;/h2-5,16-17,22-23H,1,6-13H2;1H. The molecule has 2 atom stereocenters. The third kappa shape index (κ3) is 4.80. The number of aliphatic hydroxyl groups is 2. The van der Waals surface area contributed by atoms with Crippen molar-refractivity contribution in [2.24, 2.45) is 0 Å². The molecule has 0 radical (unpaired) electrons. The largest absolute Gasteiger partial charge is 0.378 e. The first-order valence-electron chi connectivity index (χ1n) is 8.48. The lowest BCUT2D eigenvalue weighted by Gasteiger charge is -2.36. The van der Waals surface area contributed by atoms with Crippen LogP contribution < -0.4 is 4.90 Å². The van der Waals surface area contributed by atoms with Gasteiger partial charge in [-0.3, -0.25) is 9.80 Å². The lowest BCUT2D eigenvalue weighted by atomic mass is 10.2. The van der Waals surface area contributed by atoms with Gasteiger partial charge in [-0.25, -0.2) is 4.39 Å². The number of halogens is 2. The van der Waals surface area contributed by atoms with E-state index in [0.717, 1.165) is 51.4 Å². The van der Waals surface area contributed by atoms with E-state index in [-0.39, 0.29) is 18.2 Å². The minimum atomic E-state index is -0.486. The maximum atomic E-state index is 13.0. The van der Waals surface area contributed by atoms with E-state index < -0.39 is 12.5 Å². The van der Waals surface area contributed by atoms with Crippen LogP contribution in [0.25, 0.3) is 0 Å². The second kappa shape index (κ2) is 8.97. The van der Waals surface area contributed by atoms with Crippen LogP contribution in [-0.4, -0.2) is 71.7 Å². The summed E-state index contributed by atoms with van der Waals surface area (Å²) in [6.45, 7) is 5.58. The number of hydrogen-bond donors (Lipinski definition) is 2. The Bertz CT molecular complexity index is 487. The number of nitrogens with zero attached hydrogens (tertiary/aromatic N) is 3. The summed E-state index contributed by atoms with van der Waals surface area (Å²) in [5.41, 5.74) is 1.08. The zero-order valence-electron chi connectivity index (χ0n) is 13.9. The second-order valence-electron chi connectivity index (χ2n) is 6.44. The van der Waals surface area contributed by atoms with Crippen molar-refractivity contribution in [1.82, 2.24) is 9.80 Å². The summed E-state index contributed by atoms with van der Waals surface area (Å²) in [7, 11) is 0. The van der Waals surface area contributed by atoms with E-state index >= 15 is 0 Å². The molecular formula is C17H27ClFN3O2. The zero-order chi connectivity index (χ0) is 16.2. The van der Waals surface area contributed by atoms with E-state index in [1.165, 1.54) is 12.1 Å². The van der Waals surface area contributed by atoms with Crippen LogP contribution in [0, 0.1) is 5.82 Å². The van der Waals surface area contributed by atoms with Crippen molar-refractivity contribution in [3.8, 4) is 0 Å². The smallest absolute Gasteiger partial charge is 0.123 e. The maximum Gasteiger partial charge on any atom is 0.123 e. The third-order valence-electron chi connectivity index (χ3n) is 4.90. The summed E-state index contributed by atoms with van der Waals surface area (Å²) in [5, 5.41) is 19.6. The third-order valence-corrected chi connectivity index (χ3v) is 4.90. The number of hydrogen-bond acceptors (Lipinski definition) is 5. The van der Waals surface area contributed by atoms with Crippen molar-refractivity contribution < 1.29 is 14.6 Å². The molecule has 3 rings (SSSR count). The number of likely N-dealkylation sites (tertiary alicyclic amines) is 1. The van der Waals surface area contributed by atoms with Gasteiger partial charge in [-0.1, -0.05) is 0 Å². The molecule has 0 bridgehead atoms. The molecule has 2 unspecified atom stereocenters. The molecule has 0 saturated carbocycles. The molecule has 2 N–H and O–H groups in total. The maximum absolute atomic E-state index is 13.0. The Morgan fingerprint density at radius 3 is 2.08 bits per heavy atom. The number of rotatable bonds is 5. The fourth-order valence-corrected chi connectivity index (χ4v) is 3.48.